The number of carboxylic acids is 1. The smallest absolute Gasteiger partial charge is 0.337 e. The summed E-state index contributed by atoms with van der Waals surface area (Å²) in [5.74, 6) is -0.840. The molecule has 1 heterocycles. The molecule has 0 atom stereocenters. The Labute approximate surface area is 109 Å². The Hall–Kier alpha value is -3.07. The Morgan fingerprint density at radius 2 is 2.00 bits per heavy atom. The van der Waals surface area contributed by atoms with Crippen molar-refractivity contribution >= 4 is 23.2 Å². The second-order valence-corrected chi connectivity index (χ2v) is 3.74. The number of aromatic carboxylic acids is 1. The number of hydrogen-bond acceptors (Lipinski definition) is 5. The van der Waals surface area contributed by atoms with E-state index in [9.17, 15) is 4.79 Å². The third kappa shape index (κ3) is 2.61. The highest BCUT2D eigenvalue weighted by atomic mass is 16.4. The van der Waals surface area contributed by atoms with Crippen molar-refractivity contribution in [3.05, 3.63) is 47.7 Å². The molecule has 6 nitrogen and oxygen atoms in total. The lowest BCUT2D eigenvalue weighted by Crippen LogP contribution is -2.06. The largest absolute Gasteiger partial charge is 0.478 e. The van der Waals surface area contributed by atoms with E-state index in [4.69, 9.17) is 16.1 Å². The van der Waals surface area contributed by atoms with Crippen LogP contribution in [0.3, 0.4) is 0 Å². The second-order valence-electron chi connectivity index (χ2n) is 3.74. The molecule has 0 radical (unpaired) electrons. The molecule has 2 aromatic rings. The van der Waals surface area contributed by atoms with Crippen molar-refractivity contribution in [3.8, 4) is 6.07 Å². The van der Waals surface area contributed by atoms with Gasteiger partial charge in [0.2, 0.25) is 0 Å². The number of anilines is 3. The summed E-state index contributed by atoms with van der Waals surface area (Å²) in [7, 11) is 0. The van der Waals surface area contributed by atoms with Gasteiger partial charge in [-0.1, -0.05) is 0 Å². The monoisotopic (exact) mass is 254 g/mol. The first-order valence-electron chi connectivity index (χ1n) is 5.37. The van der Waals surface area contributed by atoms with Gasteiger partial charge in [0.15, 0.2) is 5.82 Å². The molecule has 0 unspecified atom stereocenters. The predicted molar refractivity (Wildman–Crippen MR) is 70.0 cm³/mol. The van der Waals surface area contributed by atoms with Gasteiger partial charge < -0.3 is 16.2 Å². The van der Waals surface area contributed by atoms with Crippen molar-refractivity contribution in [3.63, 3.8) is 0 Å². The zero-order valence-electron chi connectivity index (χ0n) is 9.79. The predicted octanol–water partition coefficient (Wildman–Crippen LogP) is 1.98. The lowest BCUT2D eigenvalue weighted by molar-refractivity contribution is 0.0698. The normalized spacial score (nSPS) is 9.63. The molecule has 0 amide bonds. The van der Waals surface area contributed by atoms with Crippen LogP contribution in [0, 0.1) is 11.3 Å². The quantitative estimate of drug-likeness (QED) is 0.772. The van der Waals surface area contributed by atoms with Crippen LogP contribution in [-0.2, 0) is 0 Å². The molecule has 0 fully saturated rings. The molecule has 94 valence electrons. The molecule has 0 bridgehead atoms. The van der Waals surface area contributed by atoms with E-state index in [2.05, 4.69) is 10.3 Å². The lowest BCUT2D eigenvalue weighted by Gasteiger charge is -2.09. The van der Waals surface area contributed by atoms with Crippen LogP contribution < -0.4 is 11.1 Å². The van der Waals surface area contributed by atoms with Crippen LogP contribution in [0.2, 0.25) is 0 Å². The topological polar surface area (TPSA) is 112 Å². The fraction of sp³-hybridized carbons (Fsp3) is 0. The van der Waals surface area contributed by atoms with Crippen molar-refractivity contribution in [1.82, 2.24) is 4.98 Å². The first-order chi connectivity index (χ1) is 9.11. The summed E-state index contributed by atoms with van der Waals surface area (Å²) in [5, 5.41) is 20.6. The third-order valence-electron chi connectivity index (χ3n) is 2.50. The minimum absolute atomic E-state index is 0.00820. The Balaban J connectivity index is 2.30. The van der Waals surface area contributed by atoms with E-state index >= 15 is 0 Å². The Morgan fingerprint density at radius 3 is 2.58 bits per heavy atom. The minimum Gasteiger partial charge on any atom is -0.478 e. The van der Waals surface area contributed by atoms with Gasteiger partial charge in [0.25, 0.3) is 0 Å². The van der Waals surface area contributed by atoms with E-state index < -0.39 is 5.97 Å². The third-order valence-corrected chi connectivity index (χ3v) is 2.50. The van der Waals surface area contributed by atoms with E-state index in [0.29, 0.717) is 11.3 Å². The van der Waals surface area contributed by atoms with Gasteiger partial charge in [-0.3, -0.25) is 0 Å². The number of nitrogens with two attached hydrogens (primary N) is 1. The first kappa shape index (κ1) is 12.4. The minimum atomic E-state index is -1.11. The van der Waals surface area contributed by atoms with Crippen LogP contribution in [0.15, 0.2) is 36.5 Å². The standard InChI is InChI=1S/C13H10N4O2/c14-7-8-1-3-9(4-2-8)17-12-11(15)10(13(18)19)5-6-16-12/h1-6H,15H2,(H,16,17)(H,18,19). The highest BCUT2D eigenvalue weighted by Gasteiger charge is 2.12. The van der Waals surface area contributed by atoms with Crippen molar-refractivity contribution in [2.45, 2.75) is 0 Å². The van der Waals surface area contributed by atoms with Gasteiger partial charge in [-0.15, -0.1) is 0 Å². The van der Waals surface area contributed by atoms with Crippen LogP contribution in [0.1, 0.15) is 15.9 Å². The molecule has 1 aromatic heterocycles. The number of nitrogens with one attached hydrogen (secondary N) is 1. The number of benzene rings is 1. The summed E-state index contributed by atoms with van der Waals surface area (Å²) in [6, 6.07) is 9.99. The average molecular weight is 254 g/mol. The maximum atomic E-state index is 10.9. The number of carboxylic acid groups (broad SMARTS) is 1. The molecular weight excluding hydrogens is 244 g/mol. The number of nitrogens with zero attached hydrogens (tertiary/aromatic N) is 2. The molecule has 0 saturated heterocycles. The first-order valence-corrected chi connectivity index (χ1v) is 5.37. The molecular formula is C13H10N4O2. The Bertz CT molecular complexity index is 659. The zero-order valence-corrected chi connectivity index (χ0v) is 9.79. The highest BCUT2D eigenvalue weighted by molar-refractivity contribution is 5.96. The van der Waals surface area contributed by atoms with Crippen LogP contribution in [0.5, 0.6) is 0 Å². The van der Waals surface area contributed by atoms with E-state index in [-0.39, 0.29) is 17.1 Å². The number of pyridine rings is 1. The number of nitriles is 1. The second kappa shape index (κ2) is 5.06. The molecule has 0 aliphatic heterocycles. The molecule has 0 aliphatic carbocycles. The van der Waals surface area contributed by atoms with E-state index in [1.54, 1.807) is 24.3 Å². The van der Waals surface area contributed by atoms with Gasteiger partial charge in [0.05, 0.1) is 22.9 Å². The van der Waals surface area contributed by atoms with Gasteiger partial charge in [-0.25, -0.2) is 9.78 Å². The molecule has 4 N–H and O–H groups in total. The van der Waals surface area contributed by atoms with Gasteiger partial charge in [0.1, 0.15) is 0 Å². The molecule has 0 saturated carbocycles. The highest BCUT2D eigenvalue weighted by Crippen LogP contribution is 2.23. The van der Waals surface area contributed by atoms with E-state index in [1.807, 2.05) is 6.07 Å². The molecule has 0 aliphatic rings. The molecule has 19 heavy (non-hydrogen) atoms. The lowest BCUT2D eigenvalue weighted by atomic mass is 10.2. The number of rotatable bonds is 3. The maximum absolute atomic E-state index is 10.9. The van der Waals surface area contributed by atoms with Gasteiger partial charge >= 0.3 is 5.97 Å². The van der Waals surface area contributed by atoms with Crippen LogP contribution in [0.4, 0.5) is 17.2 Å². The molecule has 0 spiro atoms. The van der Waals surface area contributed by atoms with Crippen molar-refractivity contribution in [2.24, 2.45) is 0 Å². The van der Waals surface area contributed by atoms with E-state index in [0.717, 1.165) is 0 Å². The average Bonchev–Trinajstić information content (AvgIpc) is 2.41. The summed E-state index contributed by atoms with van der Waals surface area (Å²) in [5.41, 5.74) is 6.99. The maximum Gasteiger partial charge on any atom is 0.337 e. The van der Waals surface area contributed by atoms with Crippen molar-refractivity contribution in [2.75, 3.05) is 11.1 Å². The molecule has 2 rings (SSSR count). The van der Waals surface area contributed by atoms with Crippen LogP contribution >= 0.6 is 0 Å². The summed E-state index contributed by atoms with van der Waals surface area (Å²) in [4.78, 5) is 14.9. The van der Waals surface area contributed by atoms with Crippen molar-refractivity contribution < 1.29 is 9.90 Å². The molecule has 6 heteroatoms. The fourth-order valence-corrected chi connectivity index (χ4v) is 1.52. The van der Waals surface area contributed by atoms with Gasteiger partial charge in [0, 0.05) is 11.9 Å². The Kier molecular flexibility index (Phi) is 3.30. The Morgan fingerprint density at radius 1 is 1.32 bits per heavy atom. The van der Waals surface area contributed by atoms with Gasteiger partial charge in [-0.2, -0.15) is 5.26 Å². The van der Waals surface area contributed by atoms with E-state index in [1.165, 1.54) is 12.3 Å². The number of aromatic nitrogens is 1. The number of carbonyl (C=O) groups is 1. The van der Waals surface area contributed by atoms with Crippen LogP contribution in [0.25, 0.3) is 0 Å². The van der Waals surface area contributed by atoms with Crippen molar-refractivity contribution in [1.29, 1.82) is 5.26 Å². The summed E-state index contributed by atoms with van der Waals surface area (Å²) in [6.07, 6.45) is 1.37. The number of nitrogen functional groups attached to an aromatic ring is 1. The number of hydrogen-bond donors (Lipinski definition) is 3. The summed E-state index contributed by atoms with van der Waals surface area (Å²) in [6.45, 7) is 0. The molecule has 1 aromatic carbocycles. The fourth-order valence-electron chi connectivity index (χ4n) is 1.52. The SMILES string of the molecule is N#Cc1ccc(Nc2nccc(C(=O)O)c2N)cc1. The summed E-state index contributed by atoms with van der Waals surface area (Å²) < 4.78 is 0. The van der Waals surface area contributed by atoms with Gasteiger partial charge in [-0.05, 0) is 30.3 Å². The zero-order chi connectivity index (χ0) is 13.8. The van der Waals surface area contributed by atoms with Crippen LogP contribution in [-0.4, -0.2) is 16.1 Å². The summed E-state index contributed by atoms with van der Waals surface area (Å²) >= 11 is 0.